The number of carbonyl (C=O) groups excluding carboxylic acids is 1. The van der Waals surface area contributed by atoms with E-state index < -0.39 is 5.24 Å². The van der Waals surface area contributed by atoms with Crippen LogP contribution in [0.25, 0.3) is 0 Å². The summed E-state index contributed by atoms with van der Waals surface area (Å²) in [6, 6.07) is 0. The smallest absolute Gasteiger partial charge is 0.245 e. The fraction of sp³-hybridized carbons (Fsp3) is 0. The maximum absolute atomic E-state index is 9.83. The summed E-state index contributed by atoms with van der Waals surface area (Å²) in [5.74, 6) is 0. The Kier molecular flexibility index (Phi) is 3.33. The summed E-state index contributed by atoms with van der Waals surface area (Å²) in [5, 5.41) is -0.472. The summed E-state index contributed by atoms with van der Waals surface area (Å²) in [4.78, 5) is 9.83. The van der Waals surface area contributed by atoms with E-state index in [0.29, 0.717) is 0 Å². The second-order valence-electron chi connectivity index (χ2n) is 0.899. The van der Waals surface area contributed by atoms with Crippen LogP contribution in [0.3, 0.4) is 0 Å². The van der Waals surface area contributed by atoms with Gasteiger partial charge in [0.05, 0.1) is 0 Å². The van der Waals surface area contributed by atoms with E-state index in [4.69, 9.17) is 11.6 Å². The zero-order valence-electron chi connectivity index (χ0n) is 3.73. The van der Waals surface area contributed by atoms with Crippen molar-refractivity contribution in [3.63, 3.8) is 0 Å². The largest absolute Gasteiger partial charge is 0.276 e. The number of halogens is 1. The van der Waals surface area contributed by atoms with Crippen LogP contribution in [0, 0.1) is 0 Å². The van der Waals surface area contributed by atoms with Crippen LogP contribution in [0.4, 0.5) is 0 Å². The second-order valence-corrected chi connectivity index (χ2v) is 1.27. The molecule has 7 heavy (non-hydrogen) atoms. The highest BCUT2D eigenvalue weighted by Crippen LogP contribution is 1.80. The Morgan fingerprint density at radius 3 is 2.43 bits per heavy atom. The number of rotatable bonds is 2. The lowest BCUT2D eigenvalue weighted by Gasteiger charge is -1.67. The van der Waals surface area contributed by atoms with Gasteiger partial charge in [0.1, 0.15) is 0 Å². The zero-order valence-corrected chi connectivity index (χ0v) is 4.48. The molecule has 0 aliphatic rings. The molecule has 0 heterocycles. The Hall–Kier alpha value is -0.560. The normalized spacial score (nSPS) is 9.29. The van der Waals surface area contributed by atoms with Crippen LogP contribution in [0.5, 0.6) is 0 Å². The molecule has 0 spiro atoms. The van der Waals surface area contributed by atoms with Crippen molar-refractivity contribution in [1.29, 1.82) is 0 Å². The topological polar surface area (TPSA) is 17.1 Å². The molecular weight excluding hydrogens is 112 g/mol. The van der Waals surface area contributed by atoms with Crippen LogP contribution < -0.4 is 0 Å². The van der Waals surface area contributed by atoms with E-state index in [-0.39, 0.29) is 0 Å². The van der Waals surface area contributed by atoms with Crippen LogP contribution in [-0.2, 0) is 4.79 Å². The predicted octanol–water partition coefficient (Wildman–Crippen LogP) is 1.49. The van der Waals surface area contributed by atoms with E-state index in [1.165, 1.54) is 18.2 Å². The van der Waals surface area contributed by atoms with Gasteiger partial charge >= 0.3 is 0 Å². The van der Waals surface area contributed by atoms with Gasteiger partial charge in [-0.05, 0) is 17.7 Å². The van der Waals surface area contributed by atoms with Gasteiger partial charge in [0, 0.05) is 0 Å². The van der Waals surface area contributed by atoms with Crippen molar-refractivity contribution in [2.75, 3.05) is 0 Å². The molecule has 0 bridgehead atoms. The van der Waals surface area contributed by atoms with E-state index in [2.05, 4.69) is 6.58 Å². The van der Waals surface area contributed by atoms with Crippen molar-refractivity contribution in [3.8, 4) is 0 Å². The molecule has 0 atom stereocenters. The molecule has 0 unspecified atom stereocenters. The lowest BCUT2D eigenvalue weighted by molar-refractivity contribution is -0.107. The fourth-order valence-corrected chi connectivity index (χ4v) is 0.216. The highest BCUT2D eigenvalue weighted by molar-refractivity contribution is 6.66. The average molecular weight is 117 g/mol. The van der Waals surface area contributed by atoms with Gasteiger partial charge in [0.2, 0.25) is 5.24 Å². The molecule has 0 aliphatic heterocycles. The molecular formula is C5H5ClO. The standard InChI is InChI=1S/C5H5ClO/c1-2-3-4-5(6)7/h2-4H,1H2/b4-3+. The highest BCUT2D eigenvalue weighted by atomic mass is 35.5. The molecule has 0 aromatic heterocycles. The summed E-state index contributed by atoms with van der Waals surface area (Å²) < 4.78 is 0. The summed E-state index contributed by atoms with van der Waals surface area (Å²) in [5.41, 5.74) is 0. The van der Waals surface area contributed by atoms with E-state index >= 15 is 0 Å². The van der Waals surface area contributed by atoms with Crippen LogP contribution in [-0.4, -0.2) is 5.24 Å². The quantitative estimate of drug-likeness (QED) is 0.304. The number of hydrogen-bond donors (Lipinski definition) is 0. The lowest BCUT2D eigenvalue weighted by atomic mass is 10.5. The van der Waals surface area contributed by atoms with E-state index in [9.17, 15) is 4.79 Å². The van der Waals surface area contributed by atoms with Crippen LogP contribution in [0.1, 0.15) is 0 Å². The third kappa shape index (κ3) is 5.44. The first-order valence-electron chi connectivity index (χ1n) is 1.76. The van der Waals surface area contributed by atoms with E-state index in [0.717, 1.165) is 0 Å². The van der Waals surface area contributed by atoms with Crippen molar-refractivity contribution in [2.45, 2.75) is 0 Å². The Labute approximate surface area is 47.3 Å². The molecule has 0 saturated carbocycles. The number of allylic oxidation sites excluding steroid dienone is 3. The molecule has 0 aliphatic carbocycles. The van der Waals surface area contributed by atoms with Crippen LogP contribution in [0.2, 0.25) is 0 Å². The minimum Gasteiger partial charge on any atom is -0.276 e. The van der Waals surface area contributed by atoms with Crippen molar-refractivity contribution < 1.29 is 4.79 Å². The summed E-state index contributed by atoms with van der Waals surface area (Å²) in [6.07, 6.45) is 4.20. The lowest BCUT2D eigenvalue weighted by Crippen LogP contribution is -1.70. The van der Waals surface area contributed by atoms with Gasteiger partial charge in [0.25, 0.3) is 0 Å². The summed E-state index contributed by atoms with van der Waals surface area (Å²) >= 11 is 4.88. The Bertz CT molecular complexity index is 105. The third-order valence-corrected chi connectivity index (χ3v) is 0.489. The molecule has 0 fully saturated rings. The zero-order chi connectivity index (χ0) is 5.70. The first kappa shape index (κ1) is 6.44. The number of hydrogen-bond acceptors (Lipinski definition) is 1. The monoisotopic (exact) mass is 116 g/mol. The van der Waals surface area contributed by atoms with Crippen molar-refractivity contribution in [1.82, 2.24) is 0 Å². The molecule has 38 valence electrons. The minimum absolute atomic E-state index is 0.472. The molecule has 0 rings (SSSR count). The summed E-state index contributed by atoms with van der Waals surface area (Å²) in [6.45, 7) is 3.33. The van der Waals surface area contributed by atoms with Gasteiger partial charge in [-0.1, -0.05) is 18.7 Å². The number of carbonyl (C=O) groups is 1. The van der Waals surface area contributed by atoms with Gasteiger partial charge in [0.15, 0.2) is 0 Å². The molecule has 0 radical (unpaired) electrons. The molecule has 0 saturated heterocycles. The molecule has 2 heteroatoms. The van der Waals surface area contributed by atoms with Crippen molar-refractivity contribution in [3.05, 3.63) is 24.8 Å². The van der Waals surface area contributed by atoms with Crippen molar-refractivity contribution in [2.24, 2.45) is 0 Å². The highest BCUT2D eigenvalue weighted by Gasteiger charge is 1.78. The third-order valence-electron chi connectivity index (χ3n) is 0.363. The maximum atomic E-state index is 9.83. The molecule has 0 N–H and O–H groups in total. The Morgan fingerprint density at radius 1 is 1.71 bits per heavy atom. The average Bonchev–Trinajstić information content (AvgIpc) is 1.61. The van der Waals surface area contributed by atoms with E-state index in [1.54, 1.807) is 0 Å². The Balaban J connectivity index is 3.46. The van der Waals surface area contributed by atoms with Crippen LogP contribution >= 0.6 is 11.6 Å². The first-order valence-corrected chi connectivity index (χ1v) is 2.13. The second kappa shape index (κ2) is 3.62. The molecule has 0 aromatic carbocycles. The maximum Gasteiger partial charge on any atom is 0.245 e. The first-order chi connectivity index (χ1) is 3.27. The van der Waals surface area contributed by atoms with Gasteiger partial charge in [-0.2, -0.15) is 0 Å². The van der Waals surface area contributed by atoms with Gasteiger partial charge in [-0.15, -0.1) is 0 Å². The van der Waals surface area contributed by atoms with Gasteiger partial charge in [-0.3, -0.25) is 4.79 Å². The Morgan fingerprint density at radius 2 is 2.29 bits per heavy atom. The SMILES string of the molecule is C=C/C=C/C(=O)Cl. The molecule has 1 nitrogen and oxygen atoms in total. The van der Waals surface area contributed by atoms with Crippen LogP contribution in [0.15, 0.2) is 24.8 Å². The molecule has 0 aromatic rings. The van der Waals surface area contributed by atoms with Gasteiger partial charge < -0.3 is 0 Å². The fourth-order valence-electron chi connectivity index (χ4n) is 0.144. The van der Waals surface area contributed by atoms with E-state index in [1.807, 2.05) is 0 Å². The van der Waals surface area contributed by atoms with Crippen molar-refractivity contribution >= 4 is 16.8 Å². The molecule has 0 amide bonds. The minimum atomic E-state index is -0.472. The predicted molar refractivity (Wildman–Crippen MR) is 30.2 cm³/mol. The van der Waals surface area contributed by atoms with Gasteiger partial charge in [-0.25, -0.2) is 0 Å². The summed E-state index contributed by atoms with van der Waals surface area (Å²) in [7, 11) is 0.